The van der Waals surface area contributed by atoms with Gasteiger partial charge in [0.1, 0.15) is 23.2 Å². The zero-order chi connectivity index (χ0) is 25.3. The number of amides is 1. The molecule has 0 aliphatic carbocycles. The summed E-state index contributed by atoms with van der Waals surface area (Å²) in [5, 5.41) is 11.8. The molecule has 0 aliphatic rings. The lowest BCUT2D eigenvalue weighted by Gasteiger charge is -2.14. The first-order chi connectivity index (χ1) is 15.8. The van der Waals surface area contributed by atoms with Crippen molar-refractivity contribution in [1.82, 2.24) is 0 Å². The predicted molar refractivity (Wildman–Crippen MR) is 113 cm³/mol. The Morgan fingerprint density at radius 2 is 1.56 bits per heavy atom. The second kappa shape index (κ2) is 9.44. The fourth-order valence-corrected chi connectivity index (χ4v) is 3.28. The van der Waals surface area contributed by atoms with Gasteiger partial charge < -0.3 is 9.73 Å². The molecule has 0 atom stereocenters. The molecule has 0 fully saturated rings. The average molecular weight is 519 g/mol. The van der Waals surface area contributed by atoms with E-state index in [2.05, 4.69) is 0 Å². The van der Waals surface area contributed by atoms with Crippen LogP contribution in [0.3, 0.4) is 0 Å². The molecule has 0 bridgehead atoms. The molecule has 0 unspecified atom stereocenters. The van der Waals surface area contributed by atoms with E-state index in [9.17, 15) is 36.4 Å². The first-order valence-corrected chi connectivity index (χ1v) is 9.81. The normalized spacial score (nSPS) is 12.4. The quantitative estimate of drug-likeness (QED) is 0.217. The summed E-state index contributed by atoms with van der Waals surface area (Å²) in [5.74, 6) is -0.969. The second-order valence-corrected chi connectivity index (χ2v) is 7.59. The van der Waals surface area contributed by atoms with Crippen LogP contribution in [0.25, 0.3) is 17.4 Å². The molecule has 1 heterocycles. The maximum absolute atomic E-state index is 13.0. The Kier molecular flexibility index (Phi) is 7.00. The van der Waals surface area contributed by atoms with Crippen LogP contribution in [0.15, 0.2) is 58.5 Å². The van der Waals surface area contributed by atoms with Gasteiger partial charge in [0.15, 0.2) is 0 Å². The van der Waals surface area contributed by atoms with Crippen LogP contribution in [0.5, 0.6) is 0 Å². The molecule has 3 aromatic rings. The lowest BCUT2D eigenvalue weighted by atomic mass is 10.1. The van der Waals surface area contributed by atoms with E-state index in [0.29, 0.717) is 22.7 Å². The number of hydrogen-bond donors (Lipinski definition) is 1. The molecule has 12 heteroatoms. The third kappa shape index (κ3) is 5.92. The number of furan rings is 1. The van der Waals surface area contributed by atoms with Gasteiger partial charge in [-0.05, 0) is 48.5 Å². The number of anilines is 1. The number of nitriles is 1. The van der Waals surface area contributed by atoms with E-state index in [1.807, 2.05) is 5.32 Å². The number of benzene rings is 2. The van der Waals surface area contributed by atoms with E-state index in [1.54, 1.807) is 12.1 Å². The van der Waals surface area contributed by atoms with Crippen LogP contribution >= 0.6 is 23.2 Å². The number of nitrogens with one attached hydrogen (secondary N) is 1. The summed E-state index contributed by atoms with van der Waals surface area (Å²) in [4.78, 5) is 12.4. The monoisotopic (exact) mass is 518 g/mol. The van der Waals surface area contributed by atoms with Crippen molar-refractivity contribution in [3.63, 3.8) is 0 Å². The summed E-state index contributed by atoms with van der Waals surface area (Å²) >= 11 is 11.9. The zero-order valence-electron chi connectivity index (χ0n) is 16.5. The van der Waals surface area contributed by atoms with Crippen LogP contribution in [0.2, 0.25) is 10.0 Å². The molecule has 0 spiro atoms. The zero-order valence-corrected chi connectivity index (χ0v) is 18.0. The lowest BCUT2D eigenvalue weighted by Crippen LogP contribution is -2.16. The summed E-state index contributed by atoms with van der Waals surface area (Å²) in [7, 11) is 0. The van der Waals surface area contributed by atoms with Gasteiger partial charge in [-0.1, -0.05) is 23.2 Å². The number of halogens is 8. The molecule has 2 aromatic carbocycles. The van der Waals surface area contributed by atoms with Crippen LogP contribution in [0, 0.1) is 11.3 Å². The van der Waals surface area contributed by atoms with Gasteiger partial charge in [-0.2, -0.15) is 31.6 Å². The van der Waals surface area contributed by atoms with Gasteiger partial charge in [-0.15, -0.1) is 0 Å². The molecule has 1 aromatic heterocycles. The van der Waals surface area contributed by atoms with Gasteiger partial charge >= 0.3 is 12.4 Å². The summed E-state index contributed by atoms with van der Waals surface area (Å²) in [5.41, 5.74) is -4.20. The Bertz CT molecular complexity index is 1290. The number of carbonyl (C=O) groups excluding carboxylic acids is 1. The van der Waals surface area contributed by atoms with Crippen LogP contribution in [0.1, 0.15) is 16.9 Å². The van der Waals surface area contributed by atoms with E-state index in [1.165, 1.54) is 24.3 Å². The molecule has 4 nitrogen and oxygen atoms in total. The van der Waals surface area contributed by atoms with E-state index >= 15 is 0 Å². The smallest absolute Gasteiger partial charge is 0.416 e. The molecular formula is C22H10Cl2F6N2O2. The van der Waals surface area contributed by atoms with Crippen molar-refractivity contribution in [2.45, 2.75) is 12.4 Å². The number of hydrogen-bond acceptors (Lipinski definition) is 3. The summed E-state index contributed by atoms with van der Waals surface area (Å²) in [6.07, 6.45) is -9.22. The van der Waals surface area contributed by atoms with Gasteiger partial charge in [0.25, 0.3) is 5.91 Å². The number of nitrogens with zero attached hydrogens (tertiary/aromatic N) is 1. The highest BCUT2D eigenvalue weighted by Gasteiger charge is 2.37. The van der Waals surface area contributed by atoms with Gasteiger partial charge in [0, 0.05) is 22.3 Å². The van der Waals surface area contributed by atoms with Crippen LogP contribution in [-0.2, 0) is 17.1 Å². The maximum atomic E-state index is 13.0. The molecule has 0 saturated carbocycles. The summed E-state index contributed by atoms with van der Waals surface area (Å²) in [6.45, 7) is 0. The van der Waals surface area contributed by atoms with Crippen molar-refractivity contribution < 1.29 is 35.6 Å². The Hall–Kier alpha value is -3.42. The largest absolute Gasteiger partial charge is 0.457 e. The fourth-order valence-electron chi connectivity index (χ4n) is 2.78. The van der Waals surface area contributed by atoms with E-state index in [-0.39, 0.29) is 22.6 Å². The van der Waals surface area contributed by atoms with E-state index in [4.69, 9.17) is 27.6 Å². The third-order valence-electron chi connectivity index (χ3n) is 4.32. The van der Waals surface area contributed by atoms with Crippen molar-refractivity contribution in [3.8, 4) is 17.4 Å². The first kappa shape index (κ1) is 25.2. The number of alkyl halides is 6. The Balaban J connectivity index is 1.90. The molecule has 1 N–H and O–H groups in total. The minimum Gasteiger partial charge on any atom is -0.457 e. The standard InChI is InChI=1S/C22H10Cl2F6N2O2/c23-14-1-3-17(18(24)9-14)19-4-2-16(34-19)5-11(10-31)20(33)32-15-7-12(21(25,26)27)6-13(8-15)22(28,29)30/h1-9H,(H,32,33)/b11-5+. The van der Waals surface area contributed by atoms with E-state index in [0.717, 1.165) is 6.08 Å². The molecule has 3 rings (SSSR count). The Morgan fingerprint density at radius 1 is 0.941 bits per heavy atom. The molecule has 1 amide bonds. The highest BCUT2D eigenvalue weighted by Crippen LogP contribution is 2.38. The molecule has 0 radical (unpaired) electrons. The van der Waals surface area contributed by atoms with Gasteiger partial charge in [0.2, 0.25) is 0 Å². The molecule has 0 aliphatic heterocycles. The topological polar surface area (TPSA) is 66.0 Å². The minimum absolute atomic E-state index is 0.00717. The Morgan fingerprint density at radius 3 is 2.09 bits per heavy atom. The molecular weight excluding hydrogens is 509 g/mol. The first-order valence-electron chi connectivity index (χ1n) is 9.06. The van der Waals surface area contributed by atoms with Crippen molar-refractivity contribution in [3.05, 3.63) is 81.0 Å². The summed E-state index contributed by atoms with van der Waals surface area (Å²) < 4.78 is 83.6. The molecule has 176 valence electrons. The van der Waals surface area contributed by atoms with E-state index < -0.39 is 40.6 Å². The summed E-state index contributed by atoms with van der Waals surface area (Å²) in [6, 6.07) is 9.57. The minimum atomic E-state index is -5.10. The Labute approximate surface area is 198 Å². The highest BCUT2D eigenvalue weighted by atomic mass is 35.5. The predicted octanol–water partition coefficient (Wildman–Crippen LogP) is 7.84. The number of carbonyl (C=O) groups is 1. The van der Waals surface area contributed by atoms with Crippen LogP contribution in [0.4, 0.5) is 32.0 Å². The van der Waals surface area contributed by atoms with Crippen molar-refractivity contribution in [1.29, 1.82) is 5.26 Å². The maximum Gasteiger partial charge on any atom is 0.416 e. The second-order valence-electron chi connectivity index (χ2n) is 6.74. The van der Waals surface area contributed by atoms with Gasteiger partial charge in [0.05, 0.1) is 16.1 Å². The van der Waals surface area contributed by atoms with Crippen molar-refractivity contribution in [2.24, 2.45) is 0 Å². The van der Waals surface area contributed by atoms with Crippen molar-refractivity contribution in [2.75, 3.05) is 5.32 Å². The lowest BCUT2D eigenvalue weighted by molar-refractivity contribution is -0.143. The van der Waals surface area contributed by atoms with Crippen molar-refractivity contribution >= 4 is 40.9 Å². The molecule has 34 heavy (non-hydrogen) atoms. The third-order valence-corrected chi connectivity index (χ3v) is 4.87. The fraction of sp³-hybridized carbons (Fsp3) is 0.0909. The SMILES string of the molecule is N#C/C(=C\c1ccc(-c2ccc(Cl)cc2Cl)o1)C(=O)Nc1cc(C(F)(F)F)cc(C(F)(F)F)c1. The van der Waals surface area contributed by atoms with Crippen LogP contribution in [-0.4, -0.2) is 5.91 Å². The average Bonchev–Trinajstić information content (AvgIpc) is 3.18. The number of rotatable bonds is 4. The molecule has 0 saturated heterocycles. The highest BCUT2D eigenvalue weighted by molar-refractivity contribution is 6.36. The van der Waals surface area contributed by atoms with Gasteiger partial charge in [-0.3, -0.25) is 4.79 Å². The van der Waals surface area contributed by atoms with Gasteiger partial charge in [-0.25, -0.2) is 0 Å². The van der Waals surface area contributed by atoms with Crippen LogP contribution < -0.4 is 5.32 Å².